The lowest BCUT2D eigenvalue weighted by atomic mass is 10.1. The van der Waals surface area contributed by atoms with Crippen molar-refractivity contribution in [2.75, 3.05) is 5.73 Å². The number of nitrogen functional groups attached to an aromatic ring is 1. The number of pyridine rings is 1. The molecule has 0 saturated carbocycles. The summed E-state index contributed by atoms with van der Waals surface area (Å²) in [5, 5.41) is 0. The van der Waals surface area contributed by atoms with Gasteiger partial charge in [-0.15, -0.1) is 0 Å². The van der Waals surface area contributed by atoms with E-state index in [-0.39, 0.29) is 0 Å². The molecule has 4 heteroatoms. The molecule has 0 fully saturated rings. The Morgan fingerprint density at radius 1 is 1.15 bits per heavy atom. The summed E-state index contributed by atoms with van der Waals surface area (Å²) in [5.41, 5.74) is 9.95. The molecule has 0 atom stereocenters. The van der Waals surface area contributed by atoms with E-state index in [2.05, 4.69) is 24.0 Å². The molecule has 0 aliphatic carbocycles. The second-order valence-corrected chi connectivity index (χ2v) is 4.86. The van der Waals surface area contributed by atoms with Crippen LogP contribution in [0.25, 0.3) is 5.65 Å². The molecule has 0 unspecified atom stereocenters. The molecule has 2 aromatic heterocycles. The van der Waals surface area contributed by atoms with Gasteiger partial charge in [0.25, 0.3) is 0 Å². The number of hydrogen-bond donors (Lipinski definition) is 1. The number of rotatable bonds is 3. The summed E-state index contributed by atoms with van der Waals surface area (Å²) in [6, 6.07) is 12.0. The van der Waals surface area contributed by atoms with Gasteiger partial charge in [-0.3, -0.25) is 4.40 Å². The zero-order valence-corrected chi connectivity index (χ0v) is 11.6. The summed E-state index contributed by atoms with van der Waals surface area (Å²) in [7, 11) is 0. The zero-order valence-electron chi connectivity index (χ0n) is 11.6. The van der Waals surface area contributed by atoms with Crippen LogP contribution in [0.1, 0.15) is 16.8 Å². The zero-order chi connectivity index (χ0) is 14.1. The average molecular weight is 267 g/mol. The van der Waals surface area contributed by atoms with Gasteiger partial charge in [-0.1, -0.05) is 24.3 Å². The second-order valence-electron chi connectivity index (χ2n) is 4.86. The highest BCUT2D eigenvalue weighted by Crippen LogP contribution is 2.24. The molecule has 3 rings (SSSR count). The molecule has 2 N–H and O–H groups in total. The van der Waals surface area contributed by atoms with Gasteiger partial charge in [0.05, 0.1) is 5.69 Å². The number of aryl methyl sites for hydroxylation is 2. The van der Waals surface area contributed by atoms with Gasteiger partial charge in [0, 0.05) is 6.20 Å². The molecule has 0 amide bonds. The fourth-order valence-electron chi connectivity index (χ4n) is 2.21. The maximum absolute atomic E-state index is 5.98. The lowest BCUT2D eigenvalue weighted by molar-refractivity contribution is 0.307. The van der Waals surface area contributed by atoms with Crippen LogP contribution in [0.4, 0.5) is 5.82 Å². The maximum atomic E-state index is 5.98. The van der Waals surface area contributed by atoms with Crippen molar-refractivity contribution < 1.29 is 4.74 Å². The van der Waals surface area contributed by atoms with E-state index < -0.39 is 0 Å². The van der Waals surface area contributed by atoms with Crippen LogP contribution >= 0.6 is 0 Å². The van der Waals surface area contributed by atoms with Crippen molar-refractivity contribution in [3.8, 4) is 5.75 Å². The average Bonchev–Trinajstić information content (AvgIpc) is 2.74. The number of benzene rings is 1. The number of imidazole rings is 1. The molecule has 2 heterocycles. The van der Waals surface area contributed by atoms with Crippen molar-refractivity contribution in [1.82, 2.24) is 9.38 Å². The van der Waals surface area contributed by atoms with E-state index in [9.17, 15) is 0 Å². The number of nitrogens with zero attached hydrogens (tertiary/aromatic N) is 2. The lowest BCUT2D eigenvalue weighted by Crippen LogP contribution is -2.00. The fourth-order valence-corrected chi connectivity index (χ4v) is 2.21. The third-order valence-electron chi connectivity index (χ3n) is 3.48. The Bertz CT molecular complexity index is 762. The smallest absolute Gasteiger partial charge is 0.181 e. The van der Waals surface area contributed by atoms with Crippen LogP contribution in [0.2, 0.25) is 0 Å². The Kier molecular flexibility index (Phi) is 3.06. The minimum absolute atomic E-state index is 0.526. The summed E-state index contributed by atoms with van der Waals surface area (Å²) in [6.45, 7) is 4.50. The van der Waals surface area contributed by atoms with Gasteiger partial charge in [0.15, 0.2) is 11.4 Å². The minimum Gasteiger partial charge on any atom is -0.485 e. The molecule has 3 aromatic rings. The van der Waals surface area contributed by atoms with E-state index in [0.717, 1.165) is 17.1 Å². The van der Waals surface area contributed by atoms with Crippen LogP contribution in [-0.2, 0) is 6.61 Å². The summed E-state index contributed by atoms with van der Waals surface area (Å²) >= 11 is 0. The molecule has 20 heavy (non-hydrogen) atoms. The molecule has 102 valence electrons. The Morgan fingerprint density at radius 3 is 2.75 bits per heavy atom. The Hall–Kier alpha value is -2.49. The van der Waals surface area contributed by atoms with Crippen molar-refractivity contribution in [2.24, 2.45) is 0 Å². The molecule has 4 nitrogen and oxygen atoms in total. The second kappa shape index (κ2) is 4.89. The number of aromatic nitrogens is 2. The van der Waals surface area contributed by atoms with E-state index in [0.29, 0.717) is 12.4 Å². The van der Waals surface area contributed by atoms with Crippen molar-refractivity contribution in [1.29, 1.82) is 0 Å². The third kappa shape index (κ3) is 2.09. The number of nitrogens with two attached hydrogens (primary N) is 1. The van der Waals surface area contributed by atoms with Crippen LogP contribution in [0, 0.1) is 13.8 Å². The molecule has 0 radical (unpaired) electrons. The SMILES string of the molecule is Cc1ccccc1COc1cccn2c(N)c(C)nc12. The van der Waals surface area contributed by atoms with Gasteiger partial charge < -0.3 is 10.5 Å². The molecule has 0 spiro atoms. The third-order valence-corrected chi connectivity index (χ3v) is 3.48. The van der Waals surface area contributed by atoms with Crippen LogP contribution in [0.3, 0.4) is 0 Å². The molecule has 0 aliphatic rings. The van der Waals surface area contributed by atoms with Crippen LogP contribution in [-0.4, -0.2) is 9.38 Å². The summed E-state index contributed by atoms with van der Waals surface area (Å²) < 4.78 is 7.77. The van der Waals surface area contributed by atoms with Gasteiger partial charge in [0.1, 0.15) is 12.4 Å². The summed E-state index contributed by atoms with van der Waals surface area (Å²) in [4.78, 5) is 4.46. The highest BCUT2D eigenvalue weighted by molar-refractivity contribution is 5.60. The van der Waals surface area contributed by atoms with Gasteiger partial charge in [-0.2, -0.15) is 0 Å². The van der Waals surface area contributed by atoms with Gasteiger partial charge in [0.2, 0.25) is 0 Å². The molecule has 0 aliphatic heterocycles. The summed E-state index contributed by atoms with van der Waals surface area (Å²) in [6.07, 6.45) is 1.89. The van der Waals surface area contributed by atoms with Crippen LogP contribution in [0.5, 0.6) is 5.75 Å². The Labute approximate surface area is 117 Å². The van der Waals surface area contributed by atoms with E-state index in [4.69, 9.17) is 10.5 Å². The van der Waals surface area contributed by atoms with Gasteiger partial charge in [-0.25, -0.2) is 4.98 Å². The van der Waals surface area contributed by atoms with E-state index in [1.807, 2.05) is 41.8 Å². The topological polar surface area (TPSA) is 52.5 Å². The van der Waals surface area contributed by atoms with Crippen molar-refractivity contribution in [2.45, 2.75) is 20.5 Å². The first-order chi connectivity index (χ1) is 9.66. The van der Waals surface area contributed by atoms with E-state index in [1.165, 1.54) is 11.1 Å². The number of fused-ring (bicyclic) bond motifs is 1. The van der Waals surface area contributed by atoms with Crippen molar-refractivity contribution >= 4 is 11.5 Å². The lowest BCUT2D eigenvalue weighted by Gasteiger charge is -2.09. The predicted octanol–water partition coefficient (Wildman–Crippen LogP) is 3.11. The number of anilines is 1. The van der Waals surface area contributed by atoms with E-state index in [1.54, 1.807) is 0 Å². The standard InChI is InChI=1S/C16H17N3O/c1-11-6-3-4-7-13(11)10-20-14-8-5-9-19-15(17)12(2)18-16(14)19/h3-9H,10,17H2,1-2H3. The van der Waals surface area contributed by atoms with E-state index >= 15 is 0 Å². The highest BCUT2D eigenvalue weighted by Gasteiger charge is 2.10. The Morgan fingerprint density at radius 2 is 1.95 bits per heavy atom. The summed E-state index contributed by atoms with van der Waals surface area (Å²) in [5.74, 6) is 1.40. The van der Waals surface area contributed by atoms with Crippen molar-refractivity contribution in [3.05, 3.63) is 59.4 Å². The Balaban J connectivity index is 1.92. The molecule has 0 bridgehead atoms. The first kappa shape index (κ1) is 12.5. The number of hydrogen-bond acceptors (Lipinski definition) is 3. The van der Waals surface area contributed by atoms with Gasteiger partial charge >= 0.3 is 0 Å². The minimum atomic E-state index is 0.526. The normalized spacial score (nSPS) is 10.9. The molecule has 0 saturated heterocycles. The molecular formula is C16H17N3O. The maximum Gasteiger partial charge on any atom is 0.181 e. The van der Waals surface area contributed by atoms with Crippen LogP contribution in [0.15, 0.2) is 42.6 Å². The fraction of sp³-hybridized carbons (Fsp3) is 0.188. The first-order valence-electron chi connectivity index (χ1n) is 6.57. The monoisotopic (exact) mass is 267 g/mol. The number of ether oxygens (including phenoxy) is 1. The van der Waals surface area contributed by atoms with Gasteiger partial charge in [-0.05, 0) is 37.1 Å². The van der Waals surface area contributed by atoms with Crippen LogP contribution < -0.4 is 10.5 Å². The van der Waals surface area contributed by atoms with Crippen molar-refractivity contribution in [3.63, 3.8) is 0 Å². The quantitative estimate of drug-likeness (QED) is 0.793. The largest absolute Gasteiger partial charge is 0.485 e. The highest BCUT2D eigenvalue weighted by atomic mass is 16.5. The first-order valence-corrected chi connectivity index (χ1v) is 6.57. The predicted molar refractivity (Wildman–Crippen MR) is 79.9 cm³/mol. The molecular weight excluding hydrogens is 250 g/mol. The molecule has 1 aromatic carbocycles.